The lowest BCUT2D eigenvalue weighted by atomic mass is 9.96. The minimum absolute atomic E-state index is 0.0484. The summed E-state index contributed by atoms with van der Waals surface area (Å²) < 4.78 is 37.6. The van der Waals surface area contributed by atoms with Gasteiger partial charge in [-0.25, -0.2) is 9.78 Å². The second kappa shape index (κ2) is 5.78. The topological polar surface area (TPSA) is 53.4 Å². The first-order chi connectivity index (χ1) is 9.36. The van der Waals surface area contributed by atoms with Gasteiger partial charge in [-0.15, -0.1) is 0 Å². The second-order valence-electron chi connectivity index (χ2n) is 4.91. The van der Waals surface area contributed by atoms with Crippen molar-refractivity contribution in [3.05, 3.63) is 29.6 Å². The monoisotopic (exact) mass is 288 g/mol. The molecule has 110 valence electrons. The van der Waals surface area contributed by atoms with Crippen LogP contribution in [0.15, 0.2) is 18.2 Å². The van der Waals surface area contributed by atoms with Crippen LogP contribution in [0.4, 0.5) is 13.2 Å². The van der Waals surface area contributed by atoms with Gasteiger partial charge >= 0.3 is 12.1 Å². The number of nitrogens with zero attached hydrogens (tertiary/aromatic N) is 2. The molecule has 0 saturated carbocycles. The van der Waals surface area contributed by atoms with Gasteiger partial charge in [0.2, 0.25) is 0 Å². The molecule has 0 spiro atoms. The molecule has 1 saturated heterocycles. The number of hydrogen-bond acceptors (Lipinski definition) is 3. The van der Waals surface area contributed by atoms with Gasteiger partial charge in [-0.1, -0.05) is 6.07 Å². The highest BCUT2D eigenvalue weighted by molar-refractivity contribution is 5.85. The summed E-state index contributed by atoms with van der Waals surface area (Å²) in [5, 5.41) is 8.84. The highest BCUT2D eigenvalue weighted by atomic mass is 19.4. The standard InChI is InChI=1S/C13H15F3N2O2/c14-13(15,16)9-4-6-18(7-5-9)8-10-2-1-3-11(17-10)12(19)20/h1-3,9H,4-8H2,(H,19,20). The molecule has 0 unspecified atom stereocenters. The van der Waals surface area contributed by atoms with Crippen molar-refractivity contribution in [2.75, 3.05) is 13.1 Å². The number of halogens is 3. The Morgan fingerprint density at radius 2 is 2.00 bits per heavy atom. The molecule has 1 N–H and O–H groups in total. The maximum absolute atomic E-state index is 12.5. The molecular formula is C13H15F3N2O2. The average Bonchev–Trinajstić information content (AvgIpc) is 2.38. The number of aromatic nitrogens is 1. The van der Waals surface area contributed by atoms with Crippen LogP contribution < -0.4 is 0 Å². The molecule has 1 aromatic heterocycles. The summed E-state index contributed by atoms with van der Waals surface area (Å²) in [6.07, 6.45) is -3.95. The first-order valence-electron chi connectivity index (χ1n) is 6.34. The lowest BCUT2D eigenvalue weighted by Crippen LogP contribution is -2.38. The van der Waals surface area contributed by atoms with Gasteiger partial charge in [0.05, 0.1) is 11.6 Å². The van der Waals surface area contributed by atoms with Crippen molar-refractivity contribution >= 4 is 5.97 Å². The molecule has 0 radical (unpaired) electrons. The van der Waals surface area contributed by atoms with E-state index in [0.717, 1.165) is 0 Å². The van der Waals surface area contributed by atoms with E-state index in [0.29, 0.717) is 25.3 Å². The predicted octanol–water partition coefficient (Wildman–Crippen LogP) is 2.55. The molecule has 0 amide bonds. The molecule has 1 fully saturated rings. The fourth-order valence-corrected chi connectivity index (χ4v) is 2.33. The van der Waals surface area contributed by atoms with E-state index in [-0.39, 0.29) is 18.5 Å². The fraction of sp³-hybridized carbons (Fsp3) is 0.538. The van der Waals surface area contributed by atoms with E-state index in [4.69, 9.17) is 5.11 Å². The van der Waals surface area contributed by atoms with E-state index in [1.165, 1.54) is 6.07 Å². The van der Waals surface area contributed by atoms with Crippen molar-refractivity contribution in [1.29, 1.82) is 0 Å². The molecule has 1 aliphatic rings. The van der Waals surface area contributed by atoms with Gasteiger partial charge in [0.1, 0.15) is 5.69 Å². The Morgan fingerprint density at radius 1 is 1.35 bits per heavy atom. The van der Waals surface area contributed by atoms with E-state index in [1.807, 2.05) is 4.90 Å². The summed E-state index contributed by atoms with van der Waals surface area (Å²) in [6.45, 7) is 1.08. The zero-order chi connectivity index (χ0) is 14.8. The summed E-state index contributed by atoms with van der Waals surface area (Å²) >= 11 is 0. The van der Waals surface area contributed by atoms with Crippen LogP contribution >= 0.6 is 0 Å². The number of carboxylic acid groups (broad SMARTS) is 1. The number of carbonyl (C=O) groups is 1. The van der Waals surface area contributed by atoms with Crippen molar-refractivity contribution in [2.45, 2.75) is 25.6 Å². The van der Waals surface area contributed by atoms with Crippen LogP contribution in [-0.4, -0.2) is 40.2 Å². The largest absolute Gasteiger partial charge is 0.477 e. The van der Waals surface area contributed by atoms with E-state index in [1.54, 1.807) is 12.1 Å². The van der Waals surface area contributed by atoms with Crippen molar-refractivity contribution in [2.24, 2.45) is 5.92 Å². The first-order valence-corrected chi connectivity index (χ1v) is 6.34. The molecular weight excluding hydrogens is 273 g/mol. The summed E-state index contributed by atoms with van der Waals surface area (Å²) in [4.78, 5) is 16.6. The third-order valence-electron chi connectivity index (χ3n) is 3.46. The van der Waals surface area contributed by atoms with Crippen LogP contribution in [0.25, 0.3) is 0 Å². The average molecular weight is 288 g/mol. The SMILES string of the molecule is O=C(O)c1cccc(CN2CCC(C(F)(F)F)CC2)n1. The van der Waals surface area contributed by atoms with Crippen LogP contribution in [0.1, 0.15) is 29.0 Å². The summed E-state index contributed by atoms with van der Waals surface area (Å²) in [7, 11) is 0. The van der Waals surface area contributed by atoms with Crippen LogP contribution in [0.5, 0.6) is 0 Å². The summed E-state index contributed by atoms with van der Waals surface area (Å²) in [5.41, 5.74) is 0.517. The smallest absolute Gasteiger partial charge is 0.391 e. The van der Waals surface area contributed by atoms with Gasteiger partial charge in [-0.05, 0) is 38.1 Å². The molecule has 0 bridgehead atoms. The van der Waals surface area contributed by atoms with Crippen LogP contribution in [0.3, 0.4) is 0 Å². The van der Waals surface area contributed by atoms with Gasteiger partial charge in [-0.2, -0.15) is 13.2 Å². The maximum Gasteiger partial charge on any atom is 0.391 e. The van der Waals surface area contributed by atoms with Crippen molar-refractivity contribution in [3.8, 4) is 0 Å². The number of likely N-dealkylation sites (tertiary alicyclic amines) is 1. The molecule has 20 heavy (non-hydrogen) atoms. The van der Waals surface area contributed by atoms with E-state index in [9.17, 15) is 18.0 Å². The highest BCUT2D eigenvalue weighted by Crippen LogP contribution is 2.34. The molecule has 0 atom stereocenters. The third kappa shape index (κ3) is 3.69. The van der Waals surface area contributed by atoms with E-state index in [2.05, 4.69) is 4.98 Å². The van der Waals surface area contributed by atoms with Crippen LogP contribution in [-0.2, 0) is 6.54 Å². The number of alkyl halides is 3. The molecule has 2 heterocycles. The molecule has 2 rings (SSSR count). The minimum Gasteiger partial charge on any atom is -0.477 e. The Labute approximate surface area is 114 Å². The zero-order valence-electron chi connectivity index (χ0n) is 10.7. The van der Waals surface area contributed by atoms with Gasteiger partial charge in [0.25, 0.3) is 0 Å². The predicted molar refractivity (Wildman–Crippen MR) is 65.3 cm³/mol. The van der Waals surface area contributed by atoms with Gasteiger partial charge in [0, 0.05) is 6.54 Å². The molecule has 1 aliphatic heterocycles. The number of carboxylic acids is 1. The Bertz CT molecular complexity index is 483. The Morgan fingerprint density at radius 3 is 2.55 bits per heavy atom. The summed E-state index contributed by atoms with van der Waals surface area (Å²) in [5.74, 6) is -2.33. The van der Waals surface area contributed by atoms with E-state index >= 15 is 0 Å². The molecule has 1 aromatic rings. The fourth-order valence-electron chi connectivity index (χ4n) is 2.33. The Balaban J connectivity index is 1.93. The van der Waals surface area contributed by atoms with Crippen molar-refractivity contribution in [3.63, 3.8) is 0 Å². The van der Waals surface area contributed by atoms with Crippen LogP contribution in [0, 0.1) is 5.92 Å². The zero-order valence-corrected chi connectivity index (χ0v) is 10.7. The quantitative estimate of drug-likeness (QED) is 0.928. The number of piperidine rings is 1. The molecule has 4 nitrogen and oxygen atoms in total. The molecule has 0 aliphatic carbocycles. The van der Waals surface area contributed by atoms with E-state index < -0.39 is 18.1 Å². The Kier molecular flexibility index (Phi) is 4.27. The van der Waals surface area contributed by atoms with Gasteiger partial charge < -0.3 is 5.11 Å². The lowest BCUT2D eigenvalue weighted by Gasteiger charge is -2.32. The van der Waals surface area contributed by atoms with Gasteiger partial charge in [0.15, 0.2) is 0 Å². The summed E-state index contributed by atoms with van der Waals surface area (Å²) in [6, 6.07) is 4.66. The van der Waals surface area contributed by atoms with Crippen molar-refractivity contribution in [1.82, 2.24) is 9.88 Å². The highest BCUT2D eigenvalue weighted by Gasteiger charge is 2.40. The third-order valence-corrected chi connectivity index (χ3v) is 3.46. The number of aromatic carboxylic acids is 1. The number of hydrogen-bond donors (Lipinski definition) is 1. The number of rotatable bonds is 3. The first kappa shape index (κ1) is 14.8. The number of pyridine rings is 1. The van der Waals surface area contributed by atoms with Gasteiger partial charge in [-0.3, -0.25) is 4.90 Å². The molecule has 0 aromatic carbocycles. The minimum atomic E-state index is -4.12. The van der Waals surface area contributed by atoms with Crippen LogP contribution in [0.2, 0.25) is 0 Å². The normalized spacial score (nSPS) is 18.1. The Hall–Kier alpha value is -1.63. The lowest BCUT2D eigenvalue weighted by molar-refractivity contribution is -0.185. The maximum atomic E-state index is 12.5. The van der Waals surface area contributed by atoms with Crippen molar-refractivity contribution < 1.29 is 23.1 Å². The molecule has 7 heteroatoms. The second-order valence-corrected chi connectivity index (χ2v) is 4.91.